The Morgan fingerprint density at radius 1 is 0.938 bits per heavy atom. The highest BCUT2D eigenvalue weighted by Gasteiger charge is 2.41. The lowest BCUT2D eigenvalue weighted by atomic mass is 9.76. The van der Waals surface area contributed by atoms with Gasteiger partial charge in [0.15, 0.2) is 0 Å². The van der Waals surface area contributed by atoms with Gasteiger partial charge in [-0.05, 0) is 91.5 Å². The summed E-state index contributed by atoms with van der Waals surface area (Å²) < 4.78 is 0. The highest BCUT2D eigenvalue weighted by molar-refractivity contribution is 5.92. The van der Waals surface area contributed by atoms with E-state index in [9.17, 15) is 0 Å². The molecule has 0 fully saturated rings. The molecule has 3 aliphatic carbocycles. The predicted octanol–water partition coefficient (Wildman–Crippen LogP) is 12.8. The summed E-state index contributed by atoms with van der Waals surface area (Å²) >= 11 is 0. The minimum Gasteiger partial charge on any atom is -0.334 e. The Kier molecular flexibility index (Phi) is 8.79. The maximum Gasteiger partial charge on any atom is 0.0585 e. The van der Waals surface area contributed by atoms with Crippen LogP contribution in [0.4, 0.5) is 5.69 Å². The minimum absolute atomic E-state index is 0.0408. The fourth-order valence-electron chi connectivity index (χ4n) is 8.68. The van der Waals surface area contributed by atoms with Gasteiger partial charge in [-0.3, -0.25) is 0 Å². The zero-order valence-electron chi connectivity index (χ0n) is 30.7. The van der Waals surface area contributed by atoms with Crippen molar-refractivity contribution in [2.45, 2.75) is 86.6 Å². The van der Waals surface area contributed by atoms with Crippen LogP contribution < -0.4 is 4.90 Å². The Hall–Kier alpha value is -4.36. The van der Waals surface area contributed by atoms with Crippen molar-refractivity contribution in [3.63, 3.8) is 0 Å². The molecule has 0 amide bonds. The first-order chi connectivity index (χ1) is 22.8. The molecule has 48 heavy (non-hydrogen) atoms. The second-order valence-electron chi connectivity index (χ2n) is 15.1. The van der Waals surface area contributed by atoms with Gasteiger partial charge in [0.1, 0.15) is 0 Å². The maximum absolute atomic E-state index is 4.89. The first-order valence-corrected chi connectivity index (χ1v) is 17.7. The van der Waals surface area contributed by atoms with Crippen LogP contribution in [0.5, 0.6) is 0 Å². The number of nitrogens with zero attached hydrogens (tertiary/aromatic N) is 1. The van der Waals surface area contributed by atoms with E-state index in [0.29, 0.717) is 5.92 Å². The summed E-state index contributed by atoms with van der Waals surface area (Å²) in [6, 6.07) is 24.9. The van der Waals surface area contributed by atoms with Crippen LogP contribution in [0.3, 0.4) is 0 Å². The molecule has 3 unspecified atom stereocenters. The van der Waals surface area contributed by atoms with Gasteiger partial charge in [-0.2, -0.15) is 0 Å². The van der Waals surface area contributed by atoms with Crippen LogP contribution in [0, 0.1) is 25.2 Å². The van der Waals surface area contributed by atoms with E-state index in [2.05, 4.69) is 171 Å². The number of rotatable bonds is 8. The van der Waals surface area contributed by atoms with Crippen molar-refractivity contribution in [1.29, 1.82) is 0 Å². The number of fused-ring (bicyclic) bond motifs is 1. The van der Waals surface area contributed by atoms with Crippen LogP contribution in [-0.2, 0) is 5.41 Å². The summed E-state index contributed by atoms with van der Waals surface area (Å²) in [4.78, 5) is 2.50. The molecule has 1 heteroatoms. The fraction of sp³-hybridized carbons (Fsp3) is 0.319. The van der Waals surface area contributed by atoms with Gasteiger partial charge in [0.25, 0.3) is 0 Å². The number of hydrogen-bond donors (Lipinski definition) is 0. The SMILES string of the molecule is C=CC1=C(/C=C2\CC(c3ccccc3C(=C)N(c3ccc(C)cc3C)C3C=CC(C)=CC3C)=C(C)C2(C)CC)c2ccccc2C1(C)C. The molecule has 1 nitrogen and oxygen atoms in total. The Morgan fingerprint density at radius 2 is 1.62 bits per heavy atom. The average molecular weight is 632 g/mol. The molecule has 0 saturated carbocycles. The third-order valence-electron chi connectivity index (χ3n) is 11.8. The smallest absolute Gasteiger partial charge is 0.0585 e. The van der Waals surface area contributed by atoms with Crippen LogP contribution >= 0.6 is 0 Å². The second-order valence-corrected chi connectivity index (χ2v) is 15.1. The zero-order valence-corrected chi connectivity index (χ0v) is 30.7. The summed E-state index contributed by atoms with van der Waals surface area (Å²) in [6.45, 7) is 29.9. The van der Waals surface area contributed by atoms with E-state index in [-0.39, 0.29) is 16.9 Å². The molecule has 0 heterocycles. The van der Waals surface area contributed by atoms with Crippen molar-refractivity contribution in [3.8, 4) is 0 Å². The molecule has 3 atom stereocenters. The van der Waals surface area contributed by atoms with Crippen molar-refractivity contribution in [3.05, 3.63) is 166 Å². The first kappa shape index (κ1) is 33.5. The van der Waals surface area contributed by atoms with Crippen LogP contribution in [0.25, 0.3) is 16.8 Å². The molecule has 0 radical (unpaired) electrons. The van der Waals surface area contributed by atoms with E-state index in [1.165, 1.54) is 72.5 Å². The lowest BCUT2D eigenvalue weighted by Gasteiger charge is -2.39. The second kappa shape index (κ2) is 12.6. The third-order valence-corrected chi connectivity index (χ3v) is 11.8. The molecule has 6 rings (SSSR count). The van der Waals surface area contributed by atoms with E-state index in [1.807, 2.05) is 0 Å². The van der Waals surface area contributed by atoms with E-state index in [1.54, 1.807) is 0 Å². The summed E-state index contributed by atoms with van der Waals surface area (Å²) in [6.07, 6.45) is 13.6. The molecule has 0 bridgehead atoms. The standard InChI is InChI=1S/C47H53N/c1-12-42-41(39-20-16-17-21-43(39)46(42,9)10)29-36-28-40(34(7)47(36,11)13-2)38-19-15-14-18-37(38)35(8)48(44-24-22-30(3)26-32(44)5)45-25-23-31(4)27-33(45)6/h12,14-27,29,32,44H,1,8,13,28H2,2-7,9-11H3/b36-29+. The number of hydrogen-bond acceptors (Lipinski definition) is 1. The lowest BCUT2D eigenvalue weighted by molar-refractivity contribution is 0.474. The monoisotopic (exact) mass is 631 g/mol. The number of aryl methyl sites for hydroxylation is 2. The van der Waals surface area contributed by atoms with Gasteiger partial charge in [0.05, 0.1) is 6.04 Å². The number of benzene rings is 3. The molecule has 246 valence electrons. The summed E-state index contributed by atoms with van der Waals surface area (Å²) in [5, 5.41) is 0. The predicted molar refractivity (Wildman–Crippen MR) is 210 cm³/mol. The van der Waals surface area contributed by atoms with Crippen molar-refractivity contribution in [1.82, 2.24) is 0 Å². The summed E-state index contributed by atoms with van der Waals surface area (Å²) in [7, 11) is 0. The topological polar surface area (TPSA) is 3.24 Å². The molecule has 3 aliphatic rings. The van der Waals surface area contributed by atoms with Crippen molar-refractivity contribution in [2.75, 3.05) is 4.90 Å². The van der Waals surface area contributed by atoms with Gasteiger partial charge in [0, 0.05) is 27.8 Å². The number of anilines is 1. The molecule has 3 aromatic carbocycles. The van der Waals surface area contributed by atoms with Crippen LogP contribution in [0.2, 0.25) is 0 Å². The highest BCUT2D eigenvalue weighted by Crippen LogP contribution is 2.56. The third kappa shape index (κ3) is 5.42. The highest BCUT2D eigenvalue weighted by atomic mass is 15.2. The Morgan fingerprint density at radius 3 is 2.29 bits per heavy atom. The van der Waals surface area contributed by atoms with Crippen LogP contribution in [0.1, 0.15) is 94.7 Å². The molecule has 0 aliphatic heterocycles. The fourth-order valence-corrected chi connectivity index (χ4v) is 8.68. The molecule has 0 saturated heterocycles. The quantitative estimate of drug-likeness (QED) is 0.239. The molecule has 0 spiro atoms. The molecule has 0 aromatic heterocycles. The van der Waals surface area contributed by atoms with Gasteiger partial charge in [-0.1, -0.05) is 161 Å². The maximum atomic E-state index is 4.89. The normalized spacial score (nSPS) is 23.9. The molecule has 0 N–H and O–H groups in total. The molecular formula is C47H53N. The molecular weight excluding hydrogens is 579 g/mol. The van der Waals surface area contributed by atoms with Crippen molar-refractivity contribution in [2.24, 2.45) is 11.3 Å². The van der Waals surface area contributed by atoms with Crippen LogP contribution in [0.15, 0.2) is 133 Å². The average Bonchev–Trinajstić information content (AvgIpc) is 3.44. The minimum atomic E-state index is -0.0718. The summed E-state index contributed by atoms with van der Waals surface area (Å²) in [5.74, 6) is 0.343. The van der Waals surface area contributed by atoms with E-state index in [0.717, 1.165) is 18.5 Å². The molecule has 3 aromatic rings. The largest absolute Gasteiger partial charge is 0.334 e. The van der Waals surface area contributed by atoms with Gasteiger partial charge in [0.2, 0.25) is 0 Å². The van der Waals surface area contributed by atoms with Gasteiger partial charge >= 0.3 is 0 Å². The van der Waals surface area contributed by atoms with E-state index in [4.69, 9.17) is 6.58 Å². The van der Waals surface area contributed by atoms with Crippen LogP contribution in [-0.4, -0.2) is 6.04 Å². The van der Waals surface area contributed by atoms with Crippen molar-refractivity contribution < 1.29 is 0 Å². The Labute approximate surface area is 290 Å². The van der Waals surface area contributed by atoms with Gasteiger partial charge < -0.3 is 4.90 Å². The lowest BCUT2D eigenvalue weighted by Crippen LogP contribution is -2.38. The van der Waals surface area contributed by atoms with E-state index < -0.39 is 0 Å². The Bertz CT molecular complexity index is 1970. The van der Waals surface area contributed by atoms with Gasteiger partial charge in [-0.25, -0.2) is 0 Å². The first-order valence-electron chi connectivity index (χ1n) is 17.7. The Balaban J connectivity index is 1.47. The van der Waals surface area contributed by atoms with Gasteiger partial charge in [-0.15, -0.1) is 0 Å². The summed E-state index contributed by atoms with van der Waals surface area (Å²) in [5.41, 5.74) is 18.3. The van der Waals surface area contributed by atoms with E-state index >= 15 is 0 Å². The number of allylic oxidation sites excluding steroid dienone is 9. The zero-order chi connectivity index (χ0) is 34.5. The van der Waals surface area contributed by atoms with Crippen molar-refractivity contribution >= 4 is 22.5 Å².